The SMILES string of the molecule is Cc1ccc(NC(=O)CCCn2nc(-c3ccc(F)cc3)ccc2=O)cc1. The van der Waals surface area contributed by atoms with Gasteiger partial charge in [0.1, 0.15) is 5.82 Å². The van der Waals surface area contributed by atoms with Crippen LogP contribution in [0.4, 0.5) is 10.1 Å². The van der Waals surface area contributed by atoms with Crippen LogP contribution >= 0.6 is 0 Å². The maximum absolute atomic E-state index is 13.1. The summed E-state index contributed by atoms with van der Waals surface area (Å²) in [7, 11) is 0. The minimum atomic E-state index is -0.327. The molecule has 1 aromatic heterocycles. The Morgan fingerprint density at radius 3 is 2.44 bits per heavy atom. The van der Waals surface area contributed by atoms with Crippen LogP contribution in [-0.2, 0) is 11.3 Å². The van der Waals surface area contributed by atoms with Crippen molar-refractivity contribution in [3.8, 4) is 11.3 Å². The molecule has 0 saturated carbocycles. The molecule has 0 saturated heterocycles. The molecule has 0 bridgehead atoms. The fourth-order valence-electron chi connectivity index (χ4n) is 2.63. The van der Waals surface area contributed by atoms with Crippen LogP contribution in [0, 0.1) is 12.7 Å². The quantitative estimate of drug-likeness (QED) is 0.723. The zero-order valence-corrected chi connectivity index (χ0v) is 15.0. The van der Waals surface area contributed by atoms with Crippen molar-refractivity contribution in [3.63, 3.8) is 0 Å². The van der Waals surface area contributed by atoms with E-state index >= 15 is 0 Å². The van der Waals surface area contributed by atoms with Gasteiger partial charge in [0.05, 0.1) is 5.69 Å². The molecule has 138 valence electrons. The van der Waals surface area contributed by atoms with Gasteiger partial charge in [-0.2, -0.15) is 5.10 Å². The number of hydrogen-bond acceptors (Lipinski definition) is 3. The number of rotatable bonds is 6. The Balaban J connectivity index is 1.59. The van der Waals surface area contributed by atoms with Crippen molar-refractivity contribution >= 4 is 11.6 Å². The third-order valence-electron chi connectivity index (χ3n) is 4.12. The second-order valence-electron chi connectivity index (χ2n) is 6.30. The normalized spacial score (nSPS) is 10.6. The summed E-state index contributed by atoms with van der Waals surface area (Å²) in [6.07, 6.45) is 0.764. The van der Waals surface area contributed by atoms with Crippen molar-refractivity contribution in [2.45, 2.75) is 26.3 Å². The number of anilines is 1. The molecule has 1 N–H and O–H groups in total. The Kier molecular flexibility index (Phi) is 5.76. The molecule has 0 fully saturated rings. The third kappa shape index (κ3) is 5.10. The molecule has 2 aromatic carbocycles. The fraction of sp³-hybridized carbons (Fsp3) is 0.190. The van der Waals surface area contributed by atoms with Crippen molar-refractivity contribution in [1.82, 2.24) is 9.78 Å². The highest BCUT2D eigenvalue weighted by Crippen LogP contribution is 2.15. The molecule has 0 aliphatic rings. The minimum absolute atomic E-state index is 0.110. The first-order valence-corrected chi connectivity index (χ1v) is 8.72. The topological polar surface area (TPSA) is 64.0 Å². The number of amides is 1. The highest BCUT2D eigenvalue weighted by molar-refractivity contribution is 5.90. The first kappa shape index (κ1) is 18.5. The van der Waals surface area contributed by atoms with Gasteiger partial charge in [-0.3, -0.25) is 9.59 Å². The van der Waals surface area contributed by atoms with E-state index in [1.54, 1.807) is 18.2 Å². The van der Waals surface area contributed by atoms with Gasteiger partial charge in [-0.1, -0.05) is 17.7 Å². The molecule has 6 heteroatoms. The predicted molar refractivity (Wildman–Crippen MR) is 103 cm³/mol. The van der Waals surface area contributed by atoms with Gasteiger partial charge in [0.2, 0.25) is 5.91 Å². The summed E-state index contributed by atoms with van der Waals surface area (Å²) in [5, 5.41) is 7.14. The number of hydrogen-bond donors (Lipinski definition) is 1. The summed E-state index contributed by atoms with van der Waals surface area (Å²) in [4.78, 5) is 24.0. The van der Waals surface area contributed by atoms with E-state index < -0.39 is 0 Å². The second-order valence-corrected chi connectivity index (χ2v) is 6.30. The summed E-state index contributed by atoms with van der Waals surface area (Å²) in [6.45, 7) is 2.31. The first-order valence-electron chi connectivity index (χ1n) is 8.72. The number of benzene rings is 2. The van der Waals surface area contributed by atoms with Gasteiger partial charge in [-0.15, -0.1) is 0 Å². The molecule has 0 aliphatic carbocycles. The van der Waals surface area contributed by atoms with Crippen molar-refractivity contribution in [1.29, 1.82) is 0 Å². The van der Waals surface area contributed by atoms with Crippen molar-refractivity contribution in [2.24, 2.45) is 0 Å². The van der Waals surface area contributed by atoms with Crippen LogP contribution in [0.1, 0.15) is 18.4 Å². The summed E-state index contributed by atoms with van der Waals surface area (Å²) in [6, 6.07) is 16.5. The number of aromatic nitrogens is 2. The van der Waals surface area contributed by atoms with Crippen LogP contribution in [0.2, 0.25) is 0 Å². The van der Waals surface area contributed by atoms with E-state index in [2.05, 4.69) is 10.4 Å². The molecule has 0 atom stereocenters. The van der Waals surface area contributed by atoms with Crippen molar-refractivity contribution < 1.29 is 9.18 Å². The summed E-state index contributed by atoms with van der Waals surface area (Å²) in [5.41, 5.74) is 2.94. The monoisotopic (exact) mass is 365 g/mol. The summed E-state index contributed by atoms with van der Waals surface area (Å²) >= 11 is 0. The average molecular weight is 365 g/mol. The first-order chi connectivity index (χ1) is 13.0. The van der Waals surface area contributed by atoms with E-state index in [1.165, 1.54) is 22.9 Å². The minimum Gasteiger partial charge on any atom is -0.326 e. The molecule has 3 rings (SSSR count). The van der Waals surface area contributed by atoms with Crippen molar-refractivity contribution in [3.05, 3.63) is 82.4 Å². The largest absolute Gasteiger partial charge is 0.326 e. The van der Waals surface area contributed by atoms with Crippen LogP contribution in [0.25, 0.3) is 11.3 Å². The van der Waals surface area contributed by atoms with Gasteiger partial charge < -0.3 is 5.32 Å². The van der Waals surface area contributed by atoms with E-state index in [0.717, 1.165) is 16.8 Å². The van der Waals surface area contributed by atoms with E-state index in [-0.39, 0.29) is 23.7 Å². The second kappa shape index (κ2) is 8.40. The van der Waals surface area contributed by atoms with Crippen LogP contribution in [0.15, 0.2) is 65.5 Å². The number of nitrogens with zero attached hydrogens (tertiary/aromatic N) is 2. The maximum Gasteiger partial charge on any atom is 0.266 e. The number of halogens is 1. The van der Waals surface area contributed by atoms with Gasteiger partial charge in [0.15, 0.2) is 0 Å². The third-order valence-corrected chi connectivity index (χ3v) is 4.12. The van der Waals surface area contributed by atoms with Gasteiger partial charge in [-0.05, 0) is 55.8 Å². The smallest absolute Gasteiger partial charge is 0.266 e. The van der Waals surface area contributed by atoms with Crippen LogP contribution in [0.3, 0.4) is 0 Å². The Bertz CT molecular complexity index is 980. The molecule has 0 spiro atoms. The van der Waals surface area contributed by atoms with E-state index in [1.807, 2.05) is 31.2 Å². The summed E-state index contributed by atoms with van der Waals surface area (Å²) in [5.74, 6) is -0.437. The van der Waals surface area contributed by atoms with Gasteiger partial charge >= 0.3 is 0 Å². The Hall–Kier alpha value is -3.28. The lowest BCUT2D eigenvalue weighted by Crippen LogP contribution is -2.23. The Labute approximate surface area is 156 Å². The van der Waals surface area contributed by atoms with E-state index in [0.29, 0.717) is 18.7 Å². The predicted octanol–water partition coefficient (Wildman–Crippen LogP) is 3.78. The molecule has 1 heterocycles. The van der Waals surface area contributed by atoms with Gasteiger partial charge in [0.25, 0.3) is 5.56 Å². The maximum atomic E-state index is 13.1. The lowest BCUT2D eigenvalue weighted by molar-refractivity contribution is -0.116. The lowest BCUT2D eigenvalue weighted by atomic mass is 10.1. The van der Waals surface area contributed by atoms with Crippen LogP contribution < -0.4 is 10.9 Å². The average Bonchev–Trinajstić information content (AvgIpc) is 2.66. The highest BCUT2D eigenvalue weighted by atomic mass is 19.1. The molecule has 0 radical (unpaired) electrons. The molecule has 5 nitrogen and oxygen atoms in total. The molecule has 27 heavy (non-hydrogen) atoms. The molecule has 3 aromatic rings. The van der Waals surface area contributed by atoms with Gasteiger partial charge in [0, 0.05) is 30.3 Å². The zero-order chi connectivity index (χ0) is 19.2. The van der Waals surface area contributed by atoms with Gasteiger partial charge in [-0.25, -0.2) is 9.07 Å². The molecule has 0 aliphatic heterocycles. The number of carbonyl (C=O) groups excluding carboxylic acids is 1. The Morgan fingerprint density at radius 2 is 1.74 bits per heavy atom. The molecular formula is C21H20FN3O2. The number of nitrogens with one attached hydrogen (secondary N) is 1. The van der Waals surface area contributed by atoms with Crippen molar-refractivity contribution in [2.75, 3.05) is 5.32 Å². The Morgan fingerprint density at radius 1 is 1.04 bits per heavy atom. The van der Waals surface area contributed by atoms with Crippen LogP contribution in [0.5, 0.6) is 0 Å². The van der Waals surface area contributed by atoms with Crippen LogP contribution in [-0.4, -0.2) is 15.7 Å². The lowest BCUT2D eigenvalue weighted by Gasteiger charge is -2.08. The zero-order valence-electron chi connectivity index (χ0n) is 15.0. The fourth-order valence-corrected chi connectivity index (χ4v) is 2.63. The highest BCUT2D eigenvalue weighted by Gasteiger charge is 2.06. The molecule has 1 amide bonds. The van der Waals surface area contributed by atoms with E-state index in [9.17, 15) is 14.0 Å². The molecular weight excluding hydrogens is 345 g/mol. The molecule has 0 unspecified atom stereocenters. The standard InChI is InChI=1S/C21H20FN3O2/c1-15-4-10-18(11-5-15)23-20(26)3-2-14-25-21(27)13-12-19(24-25)16-6-8-17(22)9-7-16/h4-13H,2-3,14H2,1H3,(H,23,26). The number of aryl methyl sites for hydroxylation is 2. The summed E-state index contributed by atoms with van der Waals surface area (Å²) < 4.78 is 14.4. The van der Waals surface area contributed by atoms with E-state index in [4.69, 9.17) is 0 Å². The number of carbonyl (C=O) groups is 1.